The van der Waals surface area contributed by atoms with Crippen LogP contribution >= 0.6 is 11.6 Å². The molecule has 1 aliphatic rings. The predicted molar refractivity (Wildman–Crippen MR) is 66.7 cm³/mol. The van der Waals surface area contributed by atoms with Gasteiger partial charge in [-0.3, -0.25) is 4.79 Å². The molecule has 0 aromatic heterocycles. The number of hydrogen-bond donors (Lipinski definition) is 2. The molecule has 7 heteroatoms. The summed E-state index contributed by atoms with van der Waals surface area (Å²) in [6.45, 7) is 0.956. The topological polar surface area (TPSA) is 69.6 Å². The Morgan fingerprint density at radius 3 is 2.84 bits per heavy atom. The quantitative estimate of drug-likeness (QED) is 0.850. The van der Waals surface area contributed by atoms with Gasteiger partial charge in [-0.05, 0) is 18.2 Å². The van der Waals surface area contributed by atoms with Crippen LogP contribution < -0.4 is 5.32 Å². The third kappa shape index (κ3) is 2.85. The van der Waals surface area contributed by atoms with E-state index in [-0.39, 0.29) is 23.7 Å². The largest absolute Gasteiger partial charge is 0.480 e. The van der Waals surface area contributed by atoms with Crippen molar-refractivity contribution in [2.24, 2.45) is 0 Å². The number of hydrogen-bond acceptors (Lipinski definition) is 3. The van der Waals surface area contributed by atoms with E-state index in [4.69, 9.17) is 16.7 Å². The van der Waals surface area contributed by atoms with E-state index in [2.05, 4.69) is 5.32 Å². The molecule has 1 heterocycles. The molecule has 102 valence electrons. The van der Waals surface area contributed by atoms with E-state index >= 15 is 0 Å². The molecular weight excluding hydrogens is 275 g/mol. The van der Waals surface area contributed by atoms with Crippen LogP contribution in [-0.2, 0) is 4.79 Å². The first kappa shape index (κ1) is 13.8. The van der Waals surface area contributed by atoms with Crippen molar-refractivity contribution >= 4 is 23.5 Å². The fourth-order valence-electron chi connectivity index (χ4n) is 1.99. The summed E-state index contributed by atoms with van der Waals surface area (Å²) in [6.07, 6.45) is 0. The zero-order chi connectivity index (χ0) is 14.0. The second-order valence-corrected chi connectivity index (χ2v) is 4.59. The SMILES string of the molecule is O=C(O)C1CNCCN1C(=O)c1ccc(F)cc1Cl. The van der Waals surface area contributed by atoms with Crippen LogP contribution in [0, 0.1) is 5.82 Å². The van der Waals surface area contributed by atoms with Gasteiger partial charge in [0.05, 0.1) is 10.6 Å². The number of nitrogens with zero attached hydrogens (tertiary/aromatic N) is 1. The first-order valence-corrected chi connectivity index (χ1v) is 6.08. The first-order chi connectivity index (χ1) is 9.00. The summed E-state index contributed by atoms with van der Waals surface area (Å²) in [5.41, 5.74) is 0.108. The number of carbonyl (C=O) groups is 2. The Balaban J connectivity index is 2.28. The van der Waals surface area contributed by atoms with Crippen molar-refractivity contribution < 1.29 is 19.1 Å². The number of carboxylic acid groups (broad SMARTS) is 1. The average molecular weight is 287 g/mol. The Labute approximate surface area is 114 Å². The second kappa shape index (κ2) is 5.54. The van der Waals surface area contributed by atoms with Gasteiger partial charge in [0.25, 0.3) is 5.91 Å². The molecule has 1 aliphatic heterocycles. The zero-order valence-corrected chi connectivity index (χ0v) is 10.7. The van der Waals surface area contributed by atoms with Crippen LogP contribution in [0.15, 0.2) is 18.2 Å². The van der Waals surface area contributed by atoms with Gasteiger partial charge in [-0.15, -0.1) is 0 Å². The van der Waals surface area contributed by atoms with Gasteiger partial charge in [0.2, 0.25) is 0 Å². The molecule has 0 spiro atoms. The first-order valence-electron chi connectivity index (χ1n) is 5.70. The maximum Gasteiger partial charge on any atom is 0.327 e. The minimum absolute atomic E-state index is 0.0207. The monoisotopic (exact) mass is 286 g/mol. The standard InChI is InChI=1S/C12H12ClFN2O3/c13-9-5-7(14)1-2-8(9)11(17)16-4-3-15-6-10(16)12(18)19/h1-2,5,10,15H,3-4,6H2,(H,18,19). The summed E-state index contributed by atoms with van der Waals surface area (Å²) in [6, 6.07) is 2.48. The summed E-state index contributed by atoms with van der Waals surface area (Å²) >= 11 is 5.82. The Morgan fingerprint density at radius 2 is 2.21 bits per heavy atom. The number of carbonyl (C=O) groups excluding carboxylic acids is 1. The highest BCUT2D eigenvalue weighted by Crippen LogP contribution is 2.20. The molecule has 0 radical (unpaired) electrons. The van der Waals surface area contributed by atoms with Crippen molar-refractivity contribution in [3.05, 3.63) is 34.6 Å². The Bertz CT molecular complexity index is 524. The van der Waals surface area contributed by atoms with E-state index in [1.54, 1.807) is 0 Å². The molecule has 1 amide bonds. The lowest BCUT2D eigenvalue weighted by Gasteiger charge is -2.33. The summed E-state index contributed by atoms with van der Waals surface area (Å²) in [5, 5.41) is 12.0. The number of rotatable bonds is 2. The van der Waals surface area contributed by atoms with Gasteiger partial charge in [-0.25, -0.2) is 9.18 Å². The van der Waals surface area contributed by atoms with Crippen molar-refractivity contribution in [2.75, 3.05) is 19.6 Å². The maximum atomic E-state index is 12.9. The van der Waals surface area contributed by atoms with E-state index < -0.39 is 23.7 Å². The second-order valence-electron chi connectivity index (χ2n) is 4.18. The van der Waals surface area contributed by atoms with E-state index in [9.17, 15) is 14.0 Å². The maximum absolute atomic E-state index is 12.9. The molecule has 1 aromatic rings. The molecule has 2 rings (SSSR count). The van der Waals surface area contributed by atoms with Crippen LogP contribution in [0.4, 0.5) is 4.39 Å². The van der Waals surface area contributed by atoms with Crippen molar-refractivity contribution in [3.63, 3.8) is 0 Å². The van der Waals surface area contributed by atoms with Crippen LogP contribution in [0.1, 0.15) is 10.4 Å². The van der Waals surface area contributed by atoms with Crippen LogP contribution in [0.2, 0.25) is 5.02 Å². The van der Waals surface area contributed by atoms with Gasteiger partial charge in [-0.1, -0.05) is 11.6 Å². The molecular formula is C12H12ClFN2O3. The normalized spacial score (nSPS) is 19.3. The molecule has 0 bridgehead atoms. The summed E-state index contributed by atoms with van der Waals surface area (Å²) in [5.74, 6) is -2.13. The minimum atomic E-state index is -1.08. The number of amides is 1. The molecule has 19 heavy (non-hydrogen) atoms. The predicted octanol–water partition coefficient (Wildman–Crippen LogP) is 0.978. The third-order valence-corrected chi connectivity index (χ3v) is 3.26. The van der Waals surface area contributed by atoms with Gasteiger partial charge >= 0.3 is 5.97 Å². The highest BCUT2D eigenvalue weighted by molar-refractivity contribution is 6.33. The van der Waals surface area contributed by atoms with Crippen LogP contribution in [0.5, 0.6) is 0 Å². The fourth-order valence-corrected chi connectivity index (χ4v) is 2.23. The fraction of sp³-hybridized carbons (Fsp3) is 0.333. The Kier molecular flexibility index (Phi) is 4.01. The number of halogens is 2. The molecule has 5 nitrogen and oxygen atoms in total. The smallest absolute Gasteiger partial charge is 0.327 e. The van der Waals surface area contributed by atoms with Gasteiger partial charge < -0.3 is 15.3 Å². The van der Waals surface area contributed by atoms with Crippen LogP contribution in [-0.4, -0.2) is 47.6 Å². The van der Waals surface area contributed by atoms with Gasteiger partial charge in [0.1, 0.15) is 11.9 Å². The highest BCUT2D eigenvalue weighted by Gasteiger charge is 2.33. The molecule has 0 saturated carbocycles. The number of benzene rings is 1. The van der Waals surface area contributed by atoms with Gasteiger partial charge in [0, 0.05) is 19.6 Å². The summed E-state index contributed by atoms with van der Waals surface area (Å²) < 4.78 is 12.9. The Morgan fingerprint density at radius 1 is 1.47 bits per heavy atom. The van der Waals surface area contributed by atoms with Crippen molar-refractivity contribution in [2.45, 2.75) is 6.04 Å². The summed E-state index contributed by atoms with van der Waals surface area (Å²) in [7, 11) is 0. The molecule has 1 atom stereocenters. The van der Waals surface area contributed by atoms with Gasteiger partial charge in [-0.2, -0.15) is 0 Å². The Hall–Kier alpha value is -1.66. The van der Waals surface area contributed by atoms with Crippen LogP contribution in [0.25, 0.3) is 0 Å². The molecule has 1 saturated heterocycles. The third-order valence-electron chi connectivity index (χ3n) is 2.95. The zero-order valence-electron chi connectivity index (χ0n) is 9.90. The van der Waals surface area contributed by atoms with E-state index in [0.29, 0.717) is 6.54 Å². The lowest BCUT2D eigenvalue weighted by molar-refractivity contribution is -0.142. The number of nitrogens with one attached hydrogen (secondary N) is 1. The molecule has 2 N–H and O–H groups in total. The number of piperazine rings is 1. The highest BCUT2D eigenvalue weighted by atomic mass is 35.5. The molecule has 1 unspecified atom stereocenters. The summed E-state index contributed by atoms with van der Waals surface area (Å²) in [4.78, 5) is 24.6. The number of aliphatic carboxylic acids is 1. The lowest BCUT2D eigenvalue weighted by atomic mass is 10.1. The molecule has 1 aromatic carbocycles. The molecule has 0 aliphatic carbocycles. The average Bonchev–Trinajstić information content (AvgIpc) is 2.38. The minimum Gasteiger partial charge on any atom is -0.480 e. The number of carboxylic acids is 1. The van der Waals surface area contributed by atoms with E-state index in [1.165, 1.54) is 11.0 Å². The van der Waals surface area contributed by atoms with Crippen molar-refractivity contribution in [1.29, 1.82) is 0 Å². The van der Waals surface area contributed by atoms with Crippen molar-refractivity contribution in [3.8, 4) is 0 Å². The van der Waals surface area contributed by atoms with E-state index in [1.807, 2.05) is 0 Å². The van der Waals surface area contributed by atoms with E-state index in [0.717, 1.165) is 12.1 Å². The van der Waals surface area contributed by atoms with Crippen molar-refractivity contribution in [1.82, 2.24) is 10.2 Å². The lowest BCUT2D eigenvalue weighted by Crippen LogP contribution is -2.57. The molecule has 1 fully saturated rings. The van der Waals surface area contributed by atoms with Crippen LogP contribution in [0.3, 0.4) is 0 Å². The van der Waals surface area contributed by atoms with Gasteiger partial charge in [0.15, 0.2) is 0 Å².